The van der Waals surface area contributed by atoms with Crippen molar-refractivity contribution in [3.05, 3.63) is 0 Å². The van der Waals surface area contributed by atoms with Gasteiger partial charge in [-0.1, -0.05) is 27.2 Å². The fourth-order valence-corrected chi connectivity index (χ4v) is 2.87. The van der Waals surface area contributed by atoms with Crippen molar-refractivity contribution in [3.8, 4) is 0 Å². The molecule has 0 aromatic rings. The lowest BCUT2D eigenvalue weighted by molar-refractivity contribution is -0.0813. The number of ether oxygens (including phenoxy) is 2. The van der Waals surface area contributed by atoms with Crippen LogP contribution in [0.4, 0.5) is 0 Å². The first-order chi connectivity index (χ1) is 9.12. The Morgan fingerprint density at radius 3 is 2.42 bits per heavy atom. The van der Waals surface area contributed by atoms with Gasteiger partial charge in [-0.25, -0.2) is 0 Å². The smallest absolute Gasteiger partial charge is 0.0806 e. The Bertz CT molecular complexity index is 223. The molecule has 0 aromatic carbocycles. The average Bonchev–Trinajstić information content (AvgIpc) is 2.42. The van der Waals surface area contributed by atoms with E-state index < -0.39 is 0 Å². The molecule has 0 radical (unpaired) electrons. The van der Waals surface area contributed by atoms with Crippen molar-refractivity contribution in [2.75, 3.05) is 26.9 Å². The van der Waals surface area contributed by atoms with Crippen LogP contribution in [0.2, 0.25) is 0 Å². The fraction of sp³-hybridized carbons (Fsp3) is 1.00. The van der Waals surface area contributed by atoms with Gasteiger partial charge in [-0.15, -0.1) is 0 Å². The molecule has 1 rings (SSSR count). The summed E-state index contributed by atoms with van der Waals surface area (Å²) in [6.07, 6.45) is 7.37. The molecule has 0 amide bonds. The lowest BCUT2D eigenvalue weighted by Crippen LogP contribution is -2.47. The summed E-state index contributed by atoms with van der Waals surface area (Å²) in [5, 5.41) is 3.57. The molecule has 3 nitrogen and oxygen atoms in total. The Kier molecular flexibility index (Phi) is 7.96. The zero-order valence-electron chi connectivity index (χ0n) is 13.3. The summed E-state index contributed by atoms with van der Waals surface area (Å²) in [7, 11) is 1.75. The standard InChI is InChI=1S/C16H33NO2/c1-5-15-7-9-16(10-8-15,13-17-14(2)3)19-12-6-11-18-4/h14-15,17H,5-13H2,1-4H3. The molecular weight excluding hydrogens is 238 g/mol. The minimum atomic E-state index is 0.0731. The van der Waals surface area contributed by atoms with Gasteiger partial charge >= 0.3 is 0 Å². The highest BCUT2D eigenvalue weighted by molar-refractivity contribution is 4.89. The quantitative estimate of drug-likeness (QED) is 0.652. The van der Waals surface area contributed by atoms with Gasteiger partial charge in [0.05, 0.1) is 5.60 Å². The van der Waals surface area contributed by atoms with Crippen molar-refractivity contribution in [3.63, 3.8) is 0 Å². The van der Waals surface area contributed by atoms with Crippen molar-refractivity contribution in [2.24, 2.45) is 5.92 Å². The molecule has 0 bridgehead atoms. The summed E-state index contributed by atoms with van der Waals surface area (Å²) in [6, 6.07) is 0.531. The van der Waals surface area contributed by atoms with E-state index in [2.05, 4.69) is 26.1 Å². The monoisotopic (exact) mass is 271 g/mol. The predicted octanol–water partition coefficient (Wildman–Crippen LogP) is 3.38. The summed E-state index contributed by atoms with van der Waals surface area (Å²) in [6.45, 7) is 9.33. The Morgan fingerprint density at radius 2 is 1.89 bits per heavy atom. The third-order valence-corrected chi connectivity index (χ3v) is 4.33. The van der Waals surface area contributed by atoms with E-state index in [1.165, 1.54) is 32.1 Å². The normalized spacial score (nSPS) is 27.9. The highest BCUT2D eigenvalue weighted by atomic mass is 16.5. The molecule has 19 heavy (non-hydrogen) atoms. The third kappa shape index (κ3) is 6.24. The molecule has 1 fully saturated rings. The first-order valence-electron chi connectivity index (χ1n) is 7.98. The second kappa shape index (κ2) is 8.93. The maximum atomic E-state index is 6.27. The van der Waals surface area contributed by atoms with Gasteiger partial charge in [0.15, 0.2) is 0 Å². The summed E-state index contributed by atoms with van der Waals surface area (Å²) >= 11 is 0. The van der Waals surface area contributed by atoms with Crippen LogP contribution in [-0.2, 0) is 9.47 Å². The summed E-state index contributed by atoms with van der Waals surface area (Å²) in [5.41, 5.74) is 0.0731. The highest BCUT2D eigenvalue weighted by Gasteiger charge is 2.35. The number of rotatable bonds is 9. The first-order valence-corrected chi connectivity index (χ1v) is 7.98. The minimum absolute atomic E-state index is 0.0731. The minimum Gasteiger partial charge on any atom is -0.385 e. The number of methoxy groups -OCH3 is 1. The Morgan fingerprint density at radius 1 is 1.21 bits per heavy atom. The molecule has 0 heterocycles. The van der Waals surface area contributed by atoms with Crippen LogP contribution >= 0.6 is 0 Å². The van der Waals surface area contributed by atoms with Gasteiger partial charge in [0.1, 0.15) is 0 Å². The van der Waals surface area contributed by atoms with E-state index in [0.29, 0.717) is 6.04 Å². The molecule has 1 N–H and O–H groups in total. The van der Waals surface area contributed by atoms with Gasteiger partial charge < -0.3 is 14.8 Å². The molecule has 0 atom stereocenters. The van der Waals surface area contributed by atoms with Crippen LogP contribution in [0.5, 0.6) is 0 Å². The molecule has 0 spiro atoms. The average molecular weight is 271 g/mol. The third-order valence-electron chi connectivity index (χ3n) is 4.33. The molecular formula is C16H33NO2. The van der Waals surface area contributed by atoms with Crippen LogP contribution in [0.15, 0.2) is 0 Å². The molecule has 0 aromatic heterocycles. The second-order valence-electron chi connectivity index (χ2n) is 6.27. The van der Waals surface area contributed by atoms with Crippen LogP contribution in [0.3, 0.4) is 0 Å². The van der Waals surface area contributed by atoms with Crippen LogP contribution in [0.25, 0.3) is 0 Å². The number of nitrogens with one attached hydrogen (secondary N) is 1. The van der Waals surface area contributed by atoms with E-state index in [0.717, 1.165) is 32.1 Å². The fourth-order valence-electron chi connectivity index (χ4n) is 2.87. The van der Waals surface area contributed by atoms with Gasteiger partial charge in [-0.05, 0) is 38.0 Å². The van der Waals surface area contributed by atoms with E-state index in [1.54, 1.807) is 7.11 Å². The Hall–Kier alpha value is -0.120. The van der Waals surface area contributed by atoms with Crippen LogP contribution < -0.4 is 5.32 Å². The van der Waals surface area contributed by atoms with E-state index >= 15 is 0 Å². The van der Waals surface area contributed by atoms with E-state index in [1.807, 2.05) is 0 Å². The molecule has 1 aliphatic rings. The summed E-state index contributed by atoms with van der Waals surface area (Å²) in [5.74, 6) is 0.912. The number of hydrogen-bond donors (Lipinski definition) is 1. The first kappa shape index (κ1) is 16.9. The second-order valence-corrected chi connectivity index (χ2v) is 6.27. The van der Waals surface area contributed by atoms with Crippen molar-refractivity contribution >= 4 is 0 Å². The molecule has 0 aliphatic heterocycles. The van der Waals surface area contributed by atoms with Crippen molar-refractivity contribution < 1.29 is 9.47 Å². The van der Waals surface area contributed by atoms with Crippen molar-refractivity contribution in [1.82, 2.24) is 5.32 Å². The lowest BCUT2D eigenvalue weighted by atomic mass is 9.77. The number of hydrogen-bond acceptors (Lipinski definition) is 3. The molecule has 0 unspecified atom stereocenters. The van der Waals surface area contributed by atoms with Crippen molar-refractivity contribution in [2.45, 2.75) is 70.9 Å². The van der Waals surface area contributed by atoms with Gasteiger partial charge in [0.2, 0.25) is 0 Å². The molecule has 114 valence electrons. The maximum absolute atomic E-state index is 6.27. The molecule has 1 saturated carbocycles. The Labute approximate surface area is 119 Å². The van der Waals surface area contributed by atoms with E-state index in [4.69, 9.17) is 9.47 Å². The summed E-state index contributed by atoms with van der Waals surface area (Å²) < 4.78 is 11.4. The summed E-state index contributed by atoms with van der Waals surface area (Å²) in [4.78, 5) is 0. The van der Waals surface area contributed by atoms with Gasteiger partial charge in [-0.3, -0.25) is 0 Å². The largest absolute Gasteiger partial charge is 0.385 e. The molecule has 0 saturated heterocycles. The zero-order valence-corrected chi connectivity index (χ0v) is 13.3. The van der Waals surface area contributed by atoms with E-state index in [9.17, 15) is 0 Å². The molecule has 3 heteroatoms. The van der Waals surface area contributed by atoms with E-state index in [-0.39, 0.29) is 5.60 Å². The van der Waals surface area contributed by atoms with Crippen LogP contribution in [0.1, 0.15) is 59.3 Å². The van der Waals surface area contributed by atoms with Crippen LogP contribution in [-0.4, -0.2) is 38.5 Å². The molecule has 1 aliphatic carbocycles. The highest BCUT2D eigenvalue weighted by Crippen LogP contribution is 2.36. The van der Waals surface area contributed by atoms with Gasteiger partial charge in [-0.2, -0.15) is 0 Å². The van der Waals surface area contributed by atoms with Crippen LogP contribution in [0, 0.1) is 5.92 Å². The topological polar surface area (TPSA) is 30.5 Å². The van der Waals surface area contributed by atoms with Gasteiger partial charge in [0.25, 0.3) is 0 Å². The zero-order chi connectivity index (χ0) is 14.1. The predicted molar refractivity (Wildman–Crippen MR) is 80.6 cm³/mol. The van der Waals surface area contributed by atoms with Gasteiger partial charge in [0, 0.05) is 32.9 Å². The Balaban J connectivity index is 2.43. The van der Waals surface area contributed by atoms with Crippen molar-refractivity contribution in [1.29, 1.82) is 0 Å². The SMILES string of the molecule is CCC1CCC(CNC(C)C)(OCCCOC)CC1. The maximum Gasteiger partial charge on any atom is 0.0806 e. The lowest BCUT2D eigenvalue weighted by Gasteiger charge is -2.40.